The second kappa shape index (κ2) is 29.8. The van der Waals surface area contributed by atoms with Crippen molar-refractivity contribution in [3.63, 3.8) is 0 Å². The summed E-state index contributed by atoms with van der Waals surface area (Å²) in [6, 6.07) is 0. The van der Waals surface area contributed by atoms with Crippen molar-refractivity contribution in [3.05, 3.63) is 0 Å². The number of hydrogen-bond donors (Lipinski definition) is 4. The highest BCUT2D eigenvalue weighted by atomic mass is 32.2. The minimum Gasteiger partial charge on any atom is -0.481 e. The first-order valence-electron chi connectivity index (χ1n) is 15.8. The monoisotopic (exact) mass is 579 g/mol. The molecule has 39 heavy (non-hydrogen) atoms. The van der Waals surface area contributed by atoms with E-state index >= 15 is 0 Å². The van der Waals surface area contributed by atoms with Crippen LogP contribution in [-0.4, -0.2) is 53.5 Å². The van der Waals surface area contributed by atoms with Crippen LogP contribution < -0.4 is 5.32 Å². The van der Waals surface area contributed by atoms with Crippen LogP contribution in [0.2, 0.25) is 0 Å². The molecule has 0 rings (SSSR count). The molecule has 0 aliphatic heterocycles. The SMILES string of the molecule is CCCCCCCCCCCCCNCCCCCCCCCCCCC.O=C(O)CC(C(=O)O)S(=O)(=O)O. The Morgan fingerprint density at radius 2 is 0.846 bits per heavy atom. The molecule has 0 bridgehead atoms. The summed E-state index contributed by atoms with van der Waals surface area (Å²) in [4.78, 5) is 20.0. The quantitative estimate of drug-likeness (QED) is 0.0539. The Hall–Kier alpha value is -1.19. The lowest BCUT2D eigenvalue weighted by Crippen LogP contribution is -2.31. The molecular formula is C30H61NO7S. The van der Waals surface area contributed by atoms with Crippen molar-refractivity contribution in [1.29, 1.82) is 0 Å². The predicted molar refractivity (Wildman–Crippen MR) is 161 cm³/mol. The minimum atomic E-state index is -4.84. The fourth-order valence-corrected chi connectivity index (χ4v) is 5.04. The van der Waals surface area contributed by atoms with E-state index in [9.17, 15) is 18.0 Å². The van der Waals surface area contributed by atoms with E-state index in [-0.39, 0.29) is 0 Å². The molecule has 1 atom stereocenters. The number of unbranched alkanes of at least 4 members (excludes halogenated alkanes) is 20. The van der Waals surface area contributed by atoms with E-state index < -0.39 is 33.7 Å². The second-order valence-corrected chi connectivity index (χ2v) is 12.4. The topological polar surface area (TPSA) is 141 Å². The van der Waals surface area contributed by atoms with Crippen molar-refractivity contribution in [2.24, 2.45) is 0 Å². The molecule has 0 heterocycles. The molecule has 4 N–H and O–H groups in total. The van der Waals surface area contributed by atoms with E-state index in [4.69, 9.17) is 14.8 Å². The van der Waals surface area contributed by atoms with E-state index in [1.54, 1.807) is 0 Å². The lowest BCUT2D eigenvalue weighted by atomic mass is 10.1. The van der Waals surface area contributed by atoms with Crippen molar-refractivity contribution in [2.45, 2.75) is 167 Å². The molecule has 234 valence electrons. The number of aliphatic carboxylic acids is 2. The lowest BCUT2D eigenvalue weighted by molar-refractivity contribution is -0.143. The number of carboxylic acid groups (broad SMARTS) is 2. The third kappa shape index (κ3) is 32.9. The Kier molecular flexibility index (Phi) is 30.5. The van der Waals surface area contributed by atoms with E-state index in [1.807, 2.05) is 0 Å². The van der Waals surface area contributed by atoms with Gasteiger partial charge in [0.25, 0.3) is 10.1 Å². The number of hydrogen-bond acceptors (Lipinski definition) is 5. The number of carboxylic acids is 2. The summed E-state index contributed by atoms with van der Waals surface area (Å²) in [7, 11) is -4.84. The van der Waals surface area contributed by atoms with Gasteiger partial charge >= 0.3 is 11.9 Å². The van der Waals surface area contributed by atoms with Gasteiger partial charge < -0.3 is 15.5 Å². The molecule has 0 aromatic heterocycles. The number of rotatable bonds is 28. The fraction of sp³-hybridized carbons (Fsp3) is 0.933. The predicted octanol–water partition coefficient (Wildman–Crippen LogP) is 8.00. The Morgan fingerprint density at radius 1 is 0.564 bits per heavy atom. The Balaban J connectivity index is 0. The zero-order valence-corrected chi connectivity index (χ0v) is 26.0. The van der Waals surface area contributed by atoms with Crippen molar-refractivity contribution in [3.8, 4) is 0 Å². The summed E-state index contributed by atoms with van der Waals surface area (Å²) in [5.74, 6) is -3.50. The van der Waals surface area contributed by atoms with Gasteiger partial charge in [0.2, 0.25) is 0 Å². The van der Waals surface area contributed by atoms with Crippen LogP contribution in [0.25, 0.3) is 0 Å². The van der Waals surface area contributed by atoms with Gasteiger partial charge in [-0.15, -0.1) is 0 Å². The van der Waals surface area contributed by atoms with Crippen LogP contribution in [-0.2, 0) is 19.7 Å². The maximum absolute atomic E-state index is 10.2. The fourth-order valence-electron chi connectivity index (χ4n) is 4.43. The van der Waals surface area contributed by atoms with Crippen LogP contribution in [0.3, 0.4) is 0 Å². The molecule has 0 aliphatic rings. The largest absolute Gasteiger partial charge is 0.481 e. The normalized spacial score (nSPS) is 12.1. The third-order valence-electron chi connectivity index (χ3n) is 6.91. The molecule has 0 aliphatic carbocycles. The van der Waals surface area contributed by atoms with Gasteiger partial charge in [-0.1, -0.05) is 142 Å². The Morgan fingerprint density at radius 3 is 1.05 bits per heavy atom. The lowest BCUT2D eigenvalue weighted by Gasteiger charge is -2.06. The molecule has 0 spiro atoms. The van der Waals surface area contributed by atoms with Crippen molar-refractivity contribution in [2.75, 3.05) is 13.1 Å². The molecule has 0 aromatic rings. The summed E-state index contributed by atoms with van der Waals surface area (Å²) < 4.78 is 28.7. The van der Waals surface area contributed by atoms with Gasteiger partial charge in [0, 0.05) is 0 Å². The maximum Gasteiger partial charge on any atom is 0.325 e. The second-order valence-electron chi connectivity index (χ2n) is 10.8. The molecule has 0 saturated carbocycles. The summed E-state index contributed by atoms with van der Waals surface area (Å²) in [6.07, 6.45) is 30.6. The Bertz CT molecular complexity index is 632. The van der Waals surface area contributed by atoms with Gasteiger partial charge in [0.15, 0.2) is 5.25 Å². The zero-order valence-electron chi connectivity index (χ0n) is 25.1. The van der Waals surface area contributed by atoms with Crippen molar-refractivity contribution in [1.82, 2.24) is 5.32 Å². The van der Waals surface area contributed by atoms with Gasteiger partial charge in [-0.3, -0.25) is 14.1 Å². The first kappa shape index (κ1) is 40.0. The van der Waals surface area contributed by atoms with E-state index in [0.29, 0.717) is 0 Å². The van der Waals surface area contributed by atoms with Gasteiger partial charge in [-0.25, -0.2) is 0 Å². The molecule has 8 nitrogen and oxygen atoms in total. The van der Waals surface area contributed by atoms with Crippen LogP contribution in [0.1, 0.15) is 162 Å². The average molecular weight is 580 g/mol. The van der Waals surface area contributed by atoms with Crippen LogP contribution in [0.5, 0.6) is 0 Å². The third-order valence-corrected chi connectivity index (χ3v) is 8.00. The standard InChI is InChI=1S/C26H55N.C4H6O7S/c1-3-5-7-9-11-13-15-17-19-21-23-25-27-26-24-22-20-18-16-14-12-10-8-6-4-2;5-3(6)1-2(4(7)8)12(9,10)11/h27H,3-26H2,1-2H3;2H,1H2,(H,5,6)(H,7,8)(H,9,10,11). The zero-order chi connectivity index (χ0) is 29.6. The van der Waals surface area contributed by atoms with Crippen LogP contribution >= 0.6 is 0 Å². The minimum absolute atomic E-state index is 1.16. The molecule has 9 heteroatoms. The highest BCUT2D eigenvalue weighted by molar-refractivity contribution is 7.87. The Labute approximate surface area is 239 Å². The summed E-state index contributed by atoms with van der Waals surface area (Å²) in [6.45, 7) is 7.09. The summed E-state index contributed by atoms with van der Waals surface area (Å²) in [5, 5.41) is 17.6. The highest BCUT2D eigenvalue weighted by Crippen LogP contribution is 2.12. The molecule has 0 amide bonds. The van der Waals surface area contributed by atoms with E-state index in [1.165, 1.54) is 154 Å². The van der Waals surface area contributed by atoms with Crippen LogP contribution in [0.4, 0.5) is 0 Å². The molecule has 0 radical (unpaired) electrons. The van der Waals surface area contributed by atoms with Crippen LogP contribution in [0, 0.1) is 0 Å². The van der Waals surface area contributed by atoms with Gasteiger partial charge in [-0.2, -0.15) is 8.42 Å². The number of nitrogens with one attached hydrogen (secondary N) is 1. The number of carbonyl (C=O) groups is 2. The van der Waals surface area contributed by atoms with E-state index in [0.717, 1.165) is 0 Å². The first-order chi connectivity index (χ1) is 18.7. The molecule has 0 saturated heterocycles. The maximum atomic E-state index is 10.2. The summed E-state index contributed by atoms with van der Waals surface area (Å²) >= 11 is 0. The smallest absolute Gasteiger partial charge is 0.325 e. The van der Waals surface area contributed by atoms with E-state index in [2.05, 4.69) is 19.2 Å². The highest BCUT2D eigenvalue weighted by Gasteiger charge is 2.33. The van der Waals surface area contributed by atoms with Gasteiger partial charge in [-0.05, 0) is 25.9 Å². The summed E-state index contributed by atoms with van der Waals surface area (Å²) in [5.41, 5.74) is 0. The molecular weight excluding hydrogens is 518 g/mol. The van der Waals surface area contributed by atoms with Crippen molar-refractivity contribution < 1.29 is 32.8 Å². The van der Waals surface area contributed by atoms with Gasteiger partial charge in [0.05, 0.1) is 6.42 Å². The first-order valence-corrected chi connectivity index (χ1v) is 17.3. The molecule has 0 fully saturated rings. The van der Waals surface area contributed by atoms with Crippen molar-refractivity contribution >= 4 is 22.1 Å². The molecule has 0 aromatic carbocycles. The average Bonchev–Trinajstić information content (AvgIpc) is 2.87. The van der Waals surface area contributed by atoms with Gasteiger partial charge in [0.1, 0.15) is 0 Å². The van der Waals surface area contributed by atoms with Crippen LogP contribution in [0.15, 0.2) is 0 Å². The molecule has 1 unspecified atom stereocenters.